The van der Waals surface area contributed by atoms with Gasteiger partial charge in [-0.2, -0.15) is 0 Å². The molecule has 0 aliphatic heterocycles. The minimum absolute atomic E-state index is 0.124. The Morgan fingerprint density at radius 3 is 2.39 bits per heavy atom. The molecule has 3 rings (SSSR count). The van der Waals surface area contributed by atoms with Crippen molar-refractivity contribution >= 4 is 34.8 Å². The molecule has 142 valence electrons. The van der Waals surface area contributed by atoms with Crippen molar-refractivity contribution in [1.82, 2.24) is 0 Å². The number of amides is 2. The van der Waals surface area contributed by atoms with E-state index >= 15 is 0 Å². The van der Waals surface area contributed by atoms with Crippen LogP contribution >= 0.6 is 11.6 Å². The Morgan fingerprint density at radius 1 is 0.929 bits per heavy atom. The zero-order chi connectivity index (χ0) is 19.9. The number of carbonyl (C=O) groups is 2. The fourth-order valence-electron chi connectivity index (χ4n) is 2.50. The van der Waals surface area contributed by atoms with Gasteiger partial charge in [0.15, 0.2) is 0 Å². The maximum Gasteiger partial charge on any atom is 0.259 e. The van der Waals surface area contributed by atoms with Crippen molar-refractivity contribution in [2.24, 2.45) is 0 Å². The molecule has 5 nitrogen and oxygen atoms in total. The van der Waals surface area contributed by atoms with E-state index in [0.717, 1.165) is 0 Å². The number of benzene rings is 3. The summed E-state index contributed by atoms with van der Waals surface area (Å²) in [5.41, 5.74) is 1.32. The molecule has 0 bridgehead atoms. The van der Waals surface area contributed by atoms with E-state index in [1.54, 1.807) is 49.4 Å². The molecule has 0 aromatic heterocycles. The molecule has 0 aliphatic carbocycles. The third-order valence-electron chi connectivity index (χ3n) is 3.92. The summed E-state index contributed by atoms with van der Waals surface area (Å²) in [4.78, 5) is 24.4. The highest BCUT2D eigenvalue weighted by Crippen LogP contribution is 2.29. The van der Waals surface area contributed by atoms with E-state index in [4.69, 9.17) is 16.3 Å². The monoisotopic (exact) mass is 394 g/mol. The summed E-state index contributed by atoms with van der Waals surface area (Å²) in [7, 11) is 0. The topological polar surface area (TPSA) is 67.4 Å². The van der Waals surface area contributed by atoms with Crippen molar-refractivity contribution in [2.45, 2.75) is 13.3 Å². The number of hydrogen-bond acceptors (Lipinski definition) is 3. The molecule has 0 spiro atoms. The Hall–Kier alpha value is -3.31. The Bertz CT molecular complexity index is 990. The van der Waals surface area contributed by atoms with Crippen molar-refractivity contribution in [1.29, 1.82) is 0 Å². The number of nitrogens with one attached hydrogen (secondary N) is 2. The molecule has 3 aromatic carbocycles. The van der Waals surface area contributed by atoms with Crippen LogP contribution in [0.5, 0.6) is 11.5 Å². The molecule has 0 heterocycles. The minimum Gasteiger partial charge on any atom is -0.457 e. The smallest absolute Gasteiger partial charge is 0.259 e. The molecule has 6 heteroatoms. The molecule has 0 unspecified atom stereocenters. The molecule has 0 fully saturated rings. The molecule has 0 saturated heterocycles. The van der Waals surface area contributed by atoms with Gasteiger partial charge >= 0.3 is 0 Å². The van der Waals surface area contributed by atoms with E-state index in [0.29, 0.717) is 39.9 Å². The SMILES string of the molecule is CCC(=O)Nc1ccc(Cl)c(NC(=O)c2ccccc2Oc2ccccc2)c1. The van der Waals surface area contributed by atoms with E-state index in [2.05, 4.69) is 10.6 Å². The first-order valence-corrected chi connectivity index (χ1v) is 9.17. The van der Waals surface area contributed by atoms with Gasteiger partial charge in [-0.25, -0.2) is 0 Å². The van der Waals surface area contributed by atoms with Gasteiger partial charge in [0.25, 0.3) is 5.91 Å². The van der Waals surface area contributed by atoms with Gasteiger partial charge in [-0.05, 0) is 42.5 Å². The molecule has 0 saturated carbocycles. The second-order valence-corrected chi connectivity index (χ2v) is 6.37. The van der Waals surface area contributed by atoms with Crippen molar-refractivity contribution in [3.8, 4) is 11.5 Å². The van der Waals surface area contributed by atoms with Gasteiger partial charge in [-0.15, -0.1) is 0 Å². The summed E-state index contributed by atoms with van der Waals surface area (Å²) in [5.74, 6) is 0.566. The second-order valence-electron chi connectivity index (χ2n) is 5.96. The lowest BCUT2D eigenvalue weighted by molar-refractivity contribution is -0.115. The molecule has 3 aromatic rings. The van der Waals surface area contributed by atoms with Gasteiger partial charge in [0.2, 0.25) is 5.91 Å². The molecule has 0 aliphatic rings. The van der Waals surface area contributed by atoms with Crippen LogP contribution in [0.1, 0.15) is 23.7 Å². The Morgan fingerprint density at radius 2 is 1.64 bits per heavy atom. The van der Waals surface area contributed by atoms with Gasteiger partial charge in [0, 0.05) is 12.1 Å². The number of carbonyl (C=O) groups excluding carboxylic acids is 2. The Kier molecular flexibility index (Phi) is 6.29. The highest BCUT2D eigenvalue weighted by Gasteiger charge is 2.15. The predicted octanol–water partition coefficient (Wildman–Crippen LogP) is 5.73. The van der Waals surface area contributed by atoms with Crippen LogP contribution in [0.25, 0.3) is 0 Å². The number of hydrogen-bond donors (Lipinski definition) is 2. The van der Waals surface area contributed by atoms with Gasteiger partial charge < -0.3 is 15.4 Å². The van der Waals surface area contributed by atoms with Crippen LogP contribution in [0.4, 0.5) is 11.4 Å². The third-order valence-corrected chi connectivity index (χ3v) is 4.25. The van der Waals surface area contributed by atoms with Gasteiger partial charge in [0.05, 0.1) is 16.3 Å². The highest BCUT2D eigenvalue weighted by atomic mass is 35.5. The second kappa shape index (κ2) is 9.06. The zero-order valence-corrected chi connectivity index (χ0v) is 16.0. The molecular formula is C22H19ClN2O3. The minimum atomic E-state index is -0.368. The lowest BCUT2D eigenvalue weighted by atomic mass is 10.1. The summed E-state index contributed by atoms with van der Waals surface area (Å²) in [5, 5.41) is 5.89. The maximum atomic E-state index is 12.8. The zero-order valence-electron chi connectivity index (χ0n) is 15.2. The summed E-state index contributed by atoms with van der Waals surface area (Å²) in [6.07, 6.45) is 0.356. The van der Waals surface area contributed by atoms with E-state index in [-0.39, 0.29) is 11.8 Å². The molecule has 2 amide bonds. The average Bonchev–Trinajstić information content (AvgIpc) is 2.71. The summed E-state index contributed by atoms with van der Waals surface area (Å²) in [6.45, 7) is 1.76. The lowest BCUT2D eigenvalue weighted by Crippen LogP contribution is -2.14. The van der Waals surface area contributed by atoms with Crippen molar-refractivity contribution < 1.29 is 14.3 Å². The molecule has 2 N–H and O–H groups in total. The number of halogens is 1. The number of anilines is 2. The highest BCUT2D eigenvalue weighted by molar-refractivity contribution is 6.34. The van der Waals surface area contributed by atoms with Crippen LogP contribution in [0, 0.1) is 0 Å². The van der Waals surface area contributed by atoms with Crippen LogP contribution in [0.2, 0.25) is 5.02 Å². The molecule has 0 atom stereocenters. The van der Waals surface area contributed by atoms with Gasteiger partial charge in [-0.1, -0.05) is 48.9 Å². The van der Waals surface area contributed by atoms with Crippen LogP contribution in [0.15, 0.2) is 72.8 Å². The Balaban J connectivity index is 1.82. The van der Waals surface area contributed by atoms with Crippen molar-refractivity contribution in [2.75, 3.05) is 10.6 Å². The Labute approximate surface area is 168 Å². The quantitative estimate of drug-likeness (QED) is 0.560. The first-order chi connectivity index (χ1) is 13.6. The van der Waals surface area contributed by atoms with Crippen LogP contribution in [-0.4, -0.2) is 11.8 Å². The summed E-state index contributed by atoms with van der Waals surface area (Å²) in [6, 6.07) is 21.1. The normalized spacial score (nSPS) is 10.2. The molecule has 28 heavy (non-hydrogen) atoms. The predicted molar refractivity (Wildman–Crippen MR) is 111 cm³/mol. The van der Waals surface area contributed by atoms with Gasteiger partial charge in [-0.3, -0.25) is 9.59 Å². The van der Waals surface area contributed by atoms with E-state index in [1.807, 2.05) is 30.3 Å². The summed E-state index contributed by atoms with van der Waals surface area (Å²) < 4.78 is 5.84. The van der Waals surface area contributed by atoms with E-state index < -0.39 is 0 Å². The van der Waals surface area contributed by atoms with Crippen molar-refractivity contribution in [3.63, 3.8) is 0 Å². The van der Waals surface area contributed by atoms with E-state index in [9.17, 15) is 9.59 Å². The largest absolute Gasteiger partial charge is 0.457 e. The van der Waals surface area contributed by atoms with Crippen LogP contribution in [0.3, 0.4) is 0 Å². The lowest BCUT2D eigenvalue weighted by Gasteiger charge is -2.13. The first kappa shape index (κ1) is 19.5. The van der Waals surface area contributed by atoms with E-state index in [1.165, 1.54) is 0 Å². The third kappa shape index (κ3) is 4.90. The molecule has 0 radical (unpaired) electrons. The van der Waals surface area contributed by atoms with Gasteiger partial charge in [0.1, 0.15) is 11.5 Å². The first-order valence-electron chi connectivity index (χ1n) is 8.79. The standard InChI is InChI=1S/C22H19ClN2O3/c1-2-21(26)24-15-12-13-18(23)19(14-15)25-22(27)17-10-6-7-11-20(17)28-16-8-4-3-5-9-16/h3-14H,2H2,1H3,(H,24,26)(H,25,27). The maximum absolute atomic E-state index is 12.8. The fraction of sp³-hybridized carbons (Fsp3) is 0.0909. The van der Waals surface area contributed by atoms with Crippen LogP contribution in [-0.2, 0) is 4.79 Å². The number of rotatable bonds is 6. The summed E-state index contributed by atoms with van der Waals surface area (Å²) >= 11 is 6.21. The number of para-hydroxylation sites is 2. The fourth-order valence-corrected chi connectivity index (χ4v) is 2.66. The van der Waals surface area contributed by atoms with Crippen molar-refractivity contribution in [3.05, 3.63) is 83.4 Å². The molecular weight excluding hydrogens is 376 g/mol. The number of ether oxygens (including phenoxy) is 1. The van der Waals surface area contributed by atoms with Crippen LogP contribution < -0.4 is 15.4 Å². The average molecular weight is 395 g/mol.